The molecule has 0 aromatic heterocycles. The summed E-state index contributed by atoms with van der Waals surface area (Å²) in [5.41, 5.74) is 4.46. The quantitative estimate of drug-likeness (QED) is 0.351. The number of hydrogen-bond donors (Lipinski definition) is 0. The van der Waals surface area contributed by atoms with E-state index >= 15 is 0 Å². The highest BCUT2D eigenvalue weighted by atomic mass is 27.2. The van der Waals surface area contributed by atoms with Crippen LogP contribution in [0.25, 0.3) is 22.3 Å². The van der Waals surface area contributed by atoms with Gasteiger partial charge in [-0.2, -0.15) is 0 Å². The van der Waals surface area contributed by atoms with Crippen LogP contribution in [0.4, 0.5) is 0 Å². The van der Waals surface area contributed by atoms with Crippen molar-refractivity contribution in [1.29, 1.82) is 0 Å². The van der Waals surface area contributed by atoms with E-state index in [1.807, 2.05) is 72.8 Å². The lowest BCUT2D eigenvalue weighted by atomic mass is 10.1. The second-order valence-corrected chi connectivity index (χ2v) is 8.13. The van der Waals surface area contributed by atoms with Crippen LogP contribution in [-0.2, 0) is 0 Å². The van der Waals surface area contributed by atoms with Crippen molar-refractivity contribution in [2.24, 2.45) is 0 Å². The first-order valence-corrected chi connectivity index (χ1v) is 11.5. The Morgan fingerprint density at radius 2 is 0.821 bits per heavy atom. The van der Waals surface area contributed by atoms with Gasteiger partial charge in [-0.25, -0.2) is 0 Å². The molecule has 0 N–H and O–H groups in total. The fourth-order valence-corrected chi connectivity index (χ4v) is 4.41. The minimum atomic E-state index is -1.96. The fourth-order valence-electron chi connectivity index (χ4n) is 3.23. The first kappa shape index (κ1) is 18.4. The van der Waals surface area contributed by atoms with E-state index < -0.39 is 14.8 Å². The molecular weight excluding hydrogens is 359 g/mol. The summed E-state index contributed by atoms with van der Waals surface area (Å²) >= 11 is -1.96. The molecule has 0 fully saturated rings. The van der Waals surface area contributed by atoms with Crippen molar-refractivity contribution in [2.45, 2.75) is 5.79 Å². The lowest BCUT2D eigenvalue weighted by molar-refractivity contribution is 0.433. The van der Waals surface area contributed by atoms with Crippen molar-refractivity contribution < 1.29 is 7.58 Å². The van der Waals surface area contributed by atoms with Crippen LogP contribution in [0, 0.1) is 0 Å². The normalized spacial score (nSPS) is 10.3. The van der Waals surface area contributed by atoms with Crippen LogP contribution in [0.1, 0.15) is 0 Å². The van der Waals surface area contributed by atoms with Gasteiger partial charge < -0.3 is 7.58 Å². The molecule has 2 nitrogen and oxygen atoms in total. The molecule has 4 rings (SSSR count). The topological polar surface area (TPSA) is 18.5 Å². The Bertz CT molecular complexity index is 947. The SMILES string of the molecule is [CH3][Al]([O]c1ccccc1-c1ccccc1)[O]c1ccccc1-c1ccccc1. The van der Waals surface area contributed by atoms with Gasteiger partial charge in [0.1, 0.15) is 0 Å². The lowest BCUT2D eigenvalue weighted by Crippen LogP contribution is -2.26. The average Bonchev–Trinajstić information content (AvgIpc) is 2.76. The van der Waals surface area contributed by atoms with Gasteiger partial charge in [-0.15, -0.1) is 0 Å². The zero-order valence-electron chi connectivity index (χ0n) is 15.8. The van der Waals surface area contributed by atoms with Gasteiger partial charge in [0, 0.05) is 11.1 Å². The smallest absolute Gasteiger partial charge is 0.611 e. The average molecular weight is 380 g/mol. The lowest BCUT2D eigenvalue weighted by Gasteiger charge is -2.18. The van der Waals surface area contributed by atoms with Crippen molar-refractivity contribution in [3.05, 3.63) is 109 Å². The zero-order valence-corrected chi connectivity index (χ0v) is 16.9. The Balaban J connectivity index is 1.57. The molecule has 0 amide bonds. The van der Waals surface area contributed by atoms with Crippen molar-refractivity contribution >= 4 is 14.8 Å². The summed E-state index contributed by atoms with van der Waals surface area (Å²) in [6, 6.07) is 36.9. The van der Waals surface area contributed by atoms with Gasteiger partial charge in [-0.1, -0.05) is 97.1 Å². The van der Waals surface area contributed by atoms with Gasteiger partial charge >= 0.3 is 14.8 Å². The summed E-state index contributed by atoms with van der Waals surface area (Å²) in [7, 11) is 0. The molecule has 3 heteroatoms. The molecular formula is C25H21AlO2. The Hall–Kier alpha value is -2.99. The molecule has 0 spiro atoms. The molecule has 0 saturated carbocycles. The first-order chi connectivity index (χ1) is 13.8. The van der Waals surface area contributed by atoms with Crippen LogP contribution in [0.3, 0.4) is 0 Å². The van der Waals surface area contributed by atoms with E-state index in [1.165, 1.54) is 0 Å². The minimum Gasteiger partial charge on any atom is -0.611 e. The van der Waals surface area contributed by atoms with Crippen LogP contribution in [0.15, 0.2) is 109 Å². The predicted octanol–water partition coefficient (Wildman–Crippen LogP) is 6.60. The van der Waals surface area contributed by atoms with E-state index in [1.54, 1.807) is 0 Å². The molecule has 0 heterocycles. The molecule has 0 aliphatic rings. The number of rotatable bonds is 6. The van der Waals surface area contributed by atoms with Crippen LogP contribution in [0.5, 0.6) is 11.5 Å². The molecule has 4 aromatic carbocycles. The van der Waals surface area contributed by atoms with E-state index in [-0.39, 0.29) is 0 Å². The minimum absolute atomic E-state index is 0.866. The largest absolute Gasteiger partial charge is 0.853 e. The molecule has 0 unspecified atom stereocenters. The molecule has 0 atom stereocenters. The summed E-state index contributed by atoms with van der Waals surface area (Å²) in [5, 5.41) is 0. The summed E-state index contributed by atoms with van der Waals surface area (Å²) in [4.78, 5) is 0. The molecule has 0 bridgehead atoms. The number of benzene rings is 4. The van der Waals surface area contributed by atoms with Crippen molar-refractivity contribution in [2.75, 3.05) is 0 Å². The predicted molar refractivity (Wildman–Crippen MR) is 117 cm³/mol. The van der Waals surface area contributed by atoms with Crippen molar-refractivity contribution in [3.63, 3.8) is 0 Å². The van der Waals surface area contributed by atoms with Gasteiger partial charge in [-0.3, -0.25) is 0 Å². The monoisotopic (exact) mass is 380 g/mol. The Morgan fingerprint density at radius 3 is 1.25 bits per heavy atom. The van der Waals surface area contributed by atoms with E-state index in [0.717, 1.165) is 33.8 Å². The van der Waals surface area contributed by atoms with Crippen LogP contribution < -0.4 is 7.58 Å². The highest BCUT2D eigenvalue weighted by molar-refractivity contribution is 6.44. The molecule has 0 aliphatic heterocycles. The van der Waals surface area contributed by atoms with E-state index in [4.69, 9.17) is 7.58 Å². The van der Waals surface area contributed by atoms with Gasteiger partial charge in [0.2, 0.25) is 0 Å². The van der Waals surface area contributed by atoms with Crippen molar-refractivity contribution in [1.82, 2.24) is 0 Å². The second-order valence-electron chi connectivity index (χ2n) is 6.53. The Morgan fingerprint density at radius 1 is 0.464 bits per heavy atom. The highest BCUT2D eigenvalue weighted by Gasteiger charge is 2.26. The summed E-state index contributed by atoms with van der Waals surface area (Å²) in [6.45, 7) is 0. The van der Waals surface area contributed by atoms with Gasteiger partial charge in [0.15, 0.2) is 0 Å². The molecule has 0 radical (unpaired) electrons. The van der Waals surface area contributed by atoms with Gasteiger partial charge in [0.25, 0.3) is 0 Å². The van der Waals surface area contributed by atoms with Crippen LogP contribution in [-0.4, -0.2) is 14.8 Å². The Kier molecular flexibility index (Phi) is 5.78. The molecule has 4 aromatic rings. The van der Waals surface area contributed by atoms with Crippen LogP contribution in [0.2, 0.25) is 5.79 Å². The van der Waals surface area contributed by atoms with Crippen LogP contribution >= 0.6 is 0 Å². The zero-order chi connectivity index (χ0) is 19.2. The second kappa shape index (κ2) is 8.80. The molecule has 28 heavy (non-hydrogen) atoms. The third-order valence-electron chi connectivity index (χ3n) is 4.53. The number of para-hydroxylation sites is 2. The van der Waals surface area contributed by atoms with E-state index in [0.29, 0.717) is 0 Å². The maximum atomic E-state index is 6.31. The van der Waals surface area contributed by atoms with E-state index in [9.17, 15) is 0 Å². The fraction of sp³-hybridized carbons (Fsp3) is 0.0400. The summed E-state index contributed by atoms with van der Waals surface area (Å²) < 4.78 is 12.6. The van der Waals surface area contributed by atoms with Crippen molar-refractivity contribution in [3.8, 4) is 33.8 Å². The van der Waals surface area contributed by atoms with Gasteiger partial charge in [-0.05, 0) is 29.0 Å². The third-order valence-corrected chi connectivity index (χ3v) is 5.70. The first-order valence-electron chi connectivity index (χ1n) is 9.43. The molecule has 136 valence electrons. The molecule has 0 aliphatic carbocycles. The number of hydrogen-bond acceptors (Lipinski definition) is 2. The third kappa shape index (κ3) is 4.28. The standard InChI is InChI=1S/2C12H10O.CH3.Al/c2*13-12-9-5-4-8-11(12)10-6-2-1-3-7-10;;/h2*1-9,13H;1H3;/q;;;+2/p-2. The maximum absolute atomic E-state index is 6.31. The summed E-state index contributed by atoms with van der Waals surface area (Å²) in [6.07, 6.45) is 0. The van der Waals surface area contributed by atoms with Gasteiger partial charge in [0.05, 0.1) is 11.5 Å². The maximum Gasteiger partial charge on any atom is 0.853 e. The summed E-state index contributed by atoms with van der Waals surface area (Å²) in [5.74, 6) is 3.79. The molecule has 0 saturated heterocycles. The van der Waals surface area contributed by atoms with E-state index in [2.05, 4.69) is 42.2 Å². The highest BCUT2D eigenvalue weighted by Crippen LogP contribution is 2.32. The Labute approximate surface area is 171 Å².